The number of hydrogen-bond acceptors (Lipinski definition) is 3. The van der Waals surface area contributed by atoms with Gasteiger partial charge >= 0.3 is 0 Å². The topological polar surface area (TPSA) is 26.3 Å². The van der Waals surface area contributed by atoms with Gasteiger partial charge in [0.15, 0.2) is 11.1 Å². The van der Waals surface area contributed by atoms with Crippen LogP contribution in [0.5, 0.6) is 0 Å². The molecule has 0 aromatic heterocycles. The Morgan fingerprint density at radius 3 is 2.45 bits per heavy atom. The van der Waals surface area contributed by atoms with Crippen molar-refractivity contribution in [3.8, 4) is 0 Å². The van der Waals surface area contributed by atoms with E-state index in [9.17, 15) is 4.79 Å². The predicted molar refractivity (Wildman–Crippen MR) is 83.8 cm³/mol. The predicted octanol–water partition coefficient (Wildman–Crippen LogP) is 3.94. The molecule has 3 nitrogen and oxygen atoms in total. The summed E-state index contributed by atoms with van der Waals surface area (Å²) in [5.74, 6) is 0. The number of carbonyl (C=O) groups excluding carboxylic acids is 1. The molecule has 0 spiro atoms. The van der Waals surface area contributed by atoms with Gasteiger partial charge in [0.25, 0.3) is 0 Å². The molecular formula is C15H19ClNO2S+. The molecule has 0 saturated heterocycles. The fourth-order valence-corrected chi connectivity index (χ4v) is 4.05. The van der Waals surface area contributed by atoms with Crippen LogP contribution in [-0.4, -0.2) is 30.5 Å². The average molecular weight is 313 g/mol. The van der Waals surface area contributed by atoms with Crippen molar-refractivity contribution in [3.05, 3.63) is 40.3 Å². The number of aldehydes is 1. The molecule has 1 aliphatic heterocycles. The molecule has 2 rings (SSSR count). The molecule has 20 heavy (non-hydrogen) atoms. The molecule has 0 aliphatic carbocycles. The van der Waals surface area contributed by atoms with Gasteiger partial charge in [-0.05, 0) is 38.1 Å². The monoisotopic (exact) mass is 312 g/mol. The van der Waals surface area contributed by atoms with Crippen molar-refractivity contribution in [2.45, 2.75) is 19.2 Å². The maximum absolute atomic E-state index is 11.4. The maximum atomic E-state index is 11.4. The third-order valence-electron chi connectivity index (χ3n) is 3.69. The van der Waals surface area contributed by atoms with Gasteiger partial charge in [0, 0.05) is 16.0 Å². The second-order valence-corrected chi connectivity index (χ2v) is 7.00. The number of quaternary nitrogens is 1. The maximum Gasteiger partial charge on any atom is 0.186 e. The summed E-state index contributed by atoms with van der Waals surface area (Å²) in [6.07, 6.45) is 0.999. The van der Waals surface area contributed by atoms with Crippen LogP contribution in [0.3, 0.4) is 0 Å². The molecule has 0 saturated carbocycles. The van der Waals surface area contributed by atoms with Gasteiger partial charge in [0.2, 0.25) is 0 Å². The second-order valence-electron chi connectivity index (χ2n) is 5.61. The van der Waals surface area contributed by atoms with Gasteiger partial charge in [0.1, 0.15) is 13.3 Å². The Morgan fingerprint density at radius 1 is 1.35 bits per heavy atom. The highest BCUT2D eigenvalue weighted by Gasteiger charge is 2.52. The van der Waals surface area contributed by atoms with Gasteiger partial charge in [-0.3, -0.25) is 0 Å². The van der Waals surface area contributed by atoms with Crippen LogP contribution >= 0.6 is 23.4 Å². The summed E-state index contributed by atoms with van der Waals surface area (Å²) in [4.78, 5) is 17.1. The fraction of sp³-hybridized carbons (Fsp3) is 0.400. The quantitative estimate of drug-likeness (QED) is 0.622. The third-order valence-corrected chi connectivity index (χ3v) is 5.57. The number of halogens is 1. The summed E-state index contributed by atoms with van der Waals surface area (Å²) in [6, 6.07) is 7.67. The van der Waals surface area contributed by atoms with E-state index < -0.39 is 5.41 Å². The van der Waals surface area contributed by atoms with Crippen molar-refractivity contribution in [3.63, 3.8) is 0 Å². The van der Waals surface area contributed by atoms with Crippen molar-refractivity contribution < 1.29 is 14.3 Å². The van der Waals surface area contributed by atoms with E-state index in [-0.39, 0.29) is 10.0 Å². The lowest BCUT2D eigenvalue weighted by atomic mass is 9.94. The van der Waals surface area contributed by atoms with Gasteiger partial charge in [-0.2, -0.15) is 0 Å². The highest BCUT2D eigenvalue weighted by Crippen LogP contribution is 2.49. The molecular weight excluding hydrogens is 294 g/mol. The minimum Gasteiger partial charge on any atom is -0.302 e. The number of rotatable bonds is 4. The van der Waals surface area contributed by atoms with Crippen LogP contribution < -0.4 is 0 Å². The number of hydrogen-bond donors (Lipinski definition) is 0. The van der Waals surface area contributed by atoms with E-state index in [4.69, 9.17) is 16.4 Å². The lowest BCUT2D eigenvalue weighted by Crippen LogP contribution is -2.52. The lowest BCUT2D eigenvalue weighted by molar-refractivity contribution is -1.04. The molecule has 0 bridgehead atoms. The van der Waals surface area contributed by atoms with Gasteiger partial charge in [-0.25, -0.2) is 4.84 Å². The Balaban J connectivity index is 2.41. The van der Waals surface area contributed by atoms with E-state index in [1.807, 2.05) is 45.2 Å². The summed E-state index contributed by atoms with van der Waals surface area (Å²) in [5.41, 5.74) is 1.60. The van der Waals surface area contributed by atoms with E-state index >= 15 is 0 Å². The largest absolute Gasteiger partial charge is 0.302 e. The Morgan fingerprint density at radius 2 is 1.95 bits per heavy atom. The van der Waals surface area contributed by atoms with Crippen LogP contribution in [0.15, 0.2) is 29.7 Å². The molecule has 0 amide bonds. The summed E-state index contributed by atoms with van der Waals surface area (Å²) < 4.78 is 0.262. The number of nitrogens with zero attached hydrogens (tertiary/aromatic N) is 1. The van der Waals surface area contributed by atoms with Crippen molar-refractivity contribution in [1.29, 1.82) is 0 Å². The highest BCUT2D eigenvalue weighted by molar-refractivity contribution is 8.03. The van der Waals surface area contributed by atoms with Gasteiger partial charge in [-0.1, -0.05) is 23.4 Å². The van der Waals surface area contributed by atoms with E-state index in [1.165, 1.54) is 0 Å². The molecule has 2 unspecified atom stereocenters. The van der Waals surface area contributed by atoms with E-state index in [0.29, 0.717) is 5.02 Å². The first-order chi connectivity index (χ1) is 9.35. The zero-order valence-electron chi connectivity index (χ0n) is 12.1. The van der Waals surface area contributed by atoms with Crippen LogP contribution in [0.2, 0.25) is 5.02 Å². The van der Waals surface area contributed by atoms with Crippen LogP contribution in [0.4, 0.5) is 0 Å². The lowest BCUT2D eigenvalue weighted by Gasteiger charge is -2.38. The van der Waals surface area contributed by atoms with Crippen molar-refractivity contribution in [1.82, 2.24) is 0 Å². The van der Waals surface area contributed by atoms with Gasteiger partial charge < -0.3 is 4.79 Å². The van der Waals surface area contributed by atoms with E-state index in [0.717, 1.165) is 17.5 Å². The molecule has 0 radical (unpaired) electrons. The Hall–Kier alpha value is -0.810. The first-order valence-electron chi connectivity index (χ1n) is 6.35. The number of carbonyl (C=O) groups is 1. The summed E-state index contributed by atoms with van der Waals surface area (Å²) >= 11 is 7.57. The van der Waals surface area contributed by atoms with E-state index in [1.54, 1.807) is 18.9 Å². The highest BCUT2D eigenvalue weighted by atomic mass is 35.5. The Labute approximate surface area is 129 Å². The van der Waals surface area contributed by atoms with Crippen LogP contribution in [0, 0.1) is 5.41 Å². The van der Waals surface area contributed by atoms with Crippen molar-refractivity contribution in [2.75, 3.05) is 14.2 Å². The van der Waals surface area contributed by atoms with Crippen LogP contribution in [0.25, 0.3) is 5.70 Å². The van der Waals surface area contributed by atoms with Crippen LogP contribution in [-0.2, 0) is 9.63 Å². The Kier molecular flexibility index (Phi) is 4.30. The average Bonchev–Trinajstić information content (AvgIpc) is 2.79. The summed E-state index contributed by atoms with van der Waals surface area (Å²) in [5, 5.41) is 2.76. The zero-order chi connectivity index (χ0) is 15.0. The normalized spacial score (nSPS) is 26.4. The van der Waals surface area contributed by atoms with Crippen molar-refractivity contribution >= 4 is 35.3 Å². The first-order valence-corrected chi connectivity index (χ1v) is 7.67. The van der Waals surface area contributed by atoms with Gasteiger partial charge in [0.05, 0.1) is 12.5 Å². The minimum atomic E-state index is -0.486. The number of thioether (sulfide) groups is 1. The second kappa shape index (κ2) is 5.53. The molecule has 1 aliphatic rings. The summed E-state index contributed by atoms with van der Waals surface area (Å²) in [6.45, 7) is 3.87. The molecule has 1 heterocycles. The molecule has 5 heteroatoms. The zero-order valence-corrected chi connectivity index (χ0v) is 13.7. The molecule has 0 N–H and O–H groups in total. The SMILES string of the molecule is CO[N+]1(C)C(c2ccc(Cl)cc2)=CSC1C(C)(C)C=O. The van der Waals surface area contributed by atoms with Crippen LogP contribution in [0.1, 0.15) is 19.4 Å². The third kappa shape index (κ3) is 2.53. The fourth-order valence-electron chi connectivity index (χ4n) is 2.48. The van der Waals surface area contributed by atoms with E-state index in [2.05, 4.69) is 5.41 Å². The van der Waals surface area contributed by atoms with Gasteiger partial charge in [-0.15, -0.1) is 4.65 Å². The molecule has 1 aromatic rings. The first kappa shape index (κ1) is 15.6. The standard InChI is InChI=1S/C15H19ClNO2S/c1-15(2,10-18)14-17(3,19-4)13(9-20-14)11-5-7-12(16)8-6-11/h5-10,14H,1-4H3/q+1. The smallest absolute Gasteiger partial charge is 0.186 e. The molecule has 1 aromatic carbocycles. The van der Waals surface area contributed by atoms with Crippen molar-refractivity contribution in [2.24, 2.45) is 5.41 Å². The molecule has 2 atom stereocenters. The Bertz CT molecular complexity index is 541. The summed E-state index contributed by atoms with van der Waals surface area (Å²) in [7, 11) is 3.65. The molecule has 0 fully saturated rings. The molecule has 108 valence electrons. The number of hydroxylamine groups is 3. The minimum absolute atomic E-state index is 0.0179. The number of benzene rings is 1.